The van der Waals surface area contributed by atoms with Crippen LogP contribution in [-0.4, -0.2) is 52.6 Å². The van der Waals surface area contributed by atoms with Gasteiger partial charge in [0.15, 0.2) is 0 Å². The highest BCUT2D eigenvalue weighted by Crippen LogP contribution is 2.20. The van der Waals surface area contributed by atoms with E-state index in [1.807, 2.05) is 0 Å². The third kappa shape index (κ3) is 4.09. The quantitative estimate of drug-likeness (QED) is 0.681. The third-order valence-corrected chi connectivity index (χ3v) is 3.42. The first-order valence-electron chi connectivity index (χ1n) is 6.14. The SMILES string of the molecule is CC(=O)[C@H]1CCCN1CCC(CCO)C(=O)O. The number of rotatable bonds is 7. The number of hydrogen-bond acceptors (Lipinski definition) is 4. The molecule has 0 amide bonds. The summed E-state index contributed by atoms with van der Waals surface area (Å²) in [4.78, 5) is 24.3. The lowest BCUT2D eigenvalue weighted by Gasteiger charge is -2.23. The molecule has 1 aliphatic heterocycles. The van der Waals surface area contributed by atoms with Crippen LogP contribution in [0.3, 0.4) is 0 Å². The van der Waals surface area contributed by atoms with Crippen LogP contribution in [0.1, 0.15) is 32.6 Å². The van der Waals surface area contributed by atoms with Crippen molar-refractivity contribution >= 4 is 11.8 Å². The molecule has 1 unspecified atom stereocenters. The Hall–Kier alpha value is -0.940. The molecule has 5 nitrogen and oxygen atoms in total. The highest BCUT2D eigenvalue weighted by molar-refractivity contribution is 5.81. The molecule has 1 fully saturated rings. The van der Waals surface area contributed by atoms with Gasteiger partial charge in [-0.05, 0) is 45.7 Å². The normalized spacial score (nSPS) is 22.6. The number of aliphatic hydroxyl groups is 1. The summed E-state index contributed by atoms with van der Waals surface area (Å²) < 4.78 is 0. The van der Waals surface area contributed by atoms with E-state index in [1.165, 1.54) is 0 Å². The number of aliphatic hydroxyl groups excluding tert-OH is 1. The van der Waals surface area contributed by atoms with Gasteiger partial charge in [0.25, 0.3) is 0 Å². The van der Waals surface area contributed by atoms with Crippen LogP contribution in [-0.2, 0) is 9.59 Å². The molecule has 2 N–H and O–H groups in total. The Labute approximate surface area is 101 Å². The molecular formula is C12H21NO4. The van der Waals surface area contributed by atoms with E-state index in [-0.39, 0.29) is 24.9 Å². The highest BCUT2D eigenvalue weighted by atomic mass is 16.4. The van der Waals surface area contributed by atoms with Crippen molar-refractivity contribution in [1.29, 1.82) is 0 Å². The summed E-state index contributed by atoms with van der Waals surface area (Å²) in [5, 5.41) is 17.7. The van der Waals surface area contributed by atoms with Gasteiger partial charge in [-0.3, -0.25) is 14.5 Å². The predicted octanol–water partition coefficient (Wildman–Crippen LogP) is 0.513. The predicted molar refractivity (Wildman–Crippen MR) is 62.7 cm³/mol. The molecule has 0 aromatic carbocycles. The number of nitrogens with zero attached hydrogens (tertiary/aromatic N) is 1. The van der Waals surface area contributed by atoms with Gasteiger partial charge in [-0.25, -0.2) is 0 Å². The minimum atomic E-state index is -0.863. The molecule has 17 heavy (non-hydrogen) atoms. The topological polar surface area (TPSA) is 77.8 Å². The van der Waals surface area contributed by atoms with E-state index in [4.69, 9.17) is 10.2 Å². The summed E-state index contributed by atoms with van der Waals surface area (Å²) >= 11 is 0. The smallest absolute Gasteiger partial charge is 0.306 e. The lowest BCUT2D eigenvalue weighted by atomic mass is 10.0. The van der Waals surface area contributed by atoms with Gasteiger partial charge in [0.2, 0.25) is 0 Å². The molecule has 98 valence electrons. The van der Waals surface area contributed by atoms with Gasteiger partial charge in [-0.15, -0.1) is 0 Å². The molecule has 0 aliphatic carbocycles. The molecule has 1 aliphatic rings. The van der Waals surface area contributed by atoms with Gasteiger partial charge in [0.1, 0.15) is 5.78 Å². The monoisotopic (exact) mass is 243 g/mol. The number of Topliss-reactive ketones (excluding diaryl/α,β-unsaturated/α-hetero) is 1. The van der Waals surface area contributed by atoms with Crippen LogP contribution < -0.4 is 0 Å². The molecule has 0 radical (unpaired) electrons. The Morgan fingerprint density at radius 3 is 2.65 bits per heavy atom. The molecule has 0 spiro atoms. The van der Waals surface area contributed by atoms with Gasteiger partial charge in [-0.2, -0.15) is 0 Å². The summed E-state index contributed by atoms with van der Waals surface area (Å²) in [6, 6.07) is -0.0291. The molecule has 0 bridgehead atoms. The summed E-state index contributed by atoms with van der Waals surface area (Å²) in [6.45, 7) is 2.98. The Kier molecular flexibility index (Phi) is 5.58. The molecule has 1 saturated heterocycles. The standard InChI is InChI=1S/C12H21NO4/c1-9(15)11-3-2-6-13(11)7-4-10(5-8-14)12(16)17/h10-11,14H,2-8H2,1H3,(H,16,17)/t10?,11-/m1/s1. The number of carbonyl (C=O) groups is 2. The van der Waals surface area contributed by atoms with Crippen LogP contribution in [0.2, 0.25) is 0 Å². The van der Waals surface area contributed by atoms with E-state index in [0.29, 0.717) is 13.0 Å². The lowest BCUT2D eigenvalue weighted by molar-refractivity contribution is -0.142. The van der Waals surface area contributed by atoms with Crippen molar-refractivity contribution in [1.82, 2.24) is 4.90 Å². The summed E-state index contributed by atoms with van der Waals surface area (Å²) in [5.74, 6) is -1.21. The zero-order valence-corrected chi connectivity index (χ0v) is 10.3. The maximum absolute atomic E-state index is 11.4. The van der Waals surface area contributed by atoms with E-state index < -0.39 is 11.9 Å². The molecule has 1 rings (SSSR count). The number of carboxylic acid groups (broad SMARTS) is 1. The lowest BCUT2D eigenvalue weighted by Crippen LogP contribution is -2.36. The second-order valence-corrected chi connectivity index (χ2v) is 4.64. The van der Waals surface area contributed by atoms with Crippen molar-refractivity contribution in [2.24, 2.45) is 5.92 Å². The second-order valence-electron chi connectivity index (χ2n) is 4.64. The Bertz CT molecular complexity index is 280. The minimum absolute atomic E-state index is 0.0291. The molecule has 0 aromatic heterocycles. The van der Waals surface area contributed by atoms with Crippen LogP contribution in [0.5, 0.6) is 0 Å². The minimum Gasteiger partial charge on any atom is -0.481 e. The van der Waals surface area contributed by atoms with E-state index in [2.05, 4.69) is 4.90 Å². The molecule has 0 aromatic rings. The fourth-order valence-corrected chi connectivity index (χ4v) is 2.42. The summed E-state index contributed by atoms with van der Waals surface area (Å²) in [6.07, 6.45) is 2.67. The average Bonchev–Trinajstić information content (AvgIpc) is 2.71. The van der Waals surface area contributed by atoms with Crippen LogP contribution in [0.25, 0.3) is 0 Å². The highest BCUT2D eigenvalue weighted by Gasteiger charge is 2.29. The van der Waals surface area contributed by atoms with Crippen LogP contribution >= 0.6 is 0 Å². The zero-order valence-electron chi connectivity index (χ0n) is 10.3. The van der Waals surface area contributed by atoms with Gasteiger partial charge in [-0.1, -0.05) is 0 Å². The number of likely N-dealkylation sites (tertiary alicyclic amines) is 1. The zero-order chi connectivity index (χ0) is 12.8. The van der Waals surface area contributed by atoms with E-state index in [1.54, 1.807) is 6.92 Å². The van der Waals surface area contributed by atoms with Gasteiger partial charge in [0, 0.05) is 6.61 Å². The van der Waals surface area contributed by atoms with Crippen molar-refractivity contribution in [3.63, 3.8) is 0 Å². The van der Waals surface area contributed by atoms with Crippen molar-refractivity contribution in [2.75, 3.05) is 19.7 Å². The van der Waals surface area contributed by atoms with Crippen LogP contribution in [0, 0.1) is 5.92 Å². The van der Waals surface area contributed by atoms with Crippen molar-refractivity contribution in [2.45, 2.75) is 38.6 Å². The van der Waals surface area contributed by atoms with Crippen LogP contribution in [0.4, 0.5) is 0 Å². The van der Waals surface area contributed by atoms with Crippen molar-refractivity contribution < 1.29 is 19.8 Å². The van der Waals surface area contributed by atoms with Crippen molar-refractivity contribution in [3.8, 4) is 0 Å². The Balaban J connectivity index is 2.42. The molecular weight excluding hydrogens is 222 g/mol. The van der Waals surface area contributed by atoms with E-state index in [9.17, 15) is 9.59 Å². The van der Waals surface area contributed by atoms with Gasteiger partial charge in [0.05, 0.1) is 12.0 Å². The number of hydrogen-bond donors (Lipinski definition) is 2. The fraction of sp³-hybridized carbons (Fsp3) is 0.833. The maximum Gasteiger partial charge on any atom is 0.306 e. The van der Waals surface area contributed by atoms with E-state index in [0.717, 1.165) is 19.4 Å². The van der Waals surface area contributed by atoms with Gasteiger partial charge >= 0.3 is 5.97 Å². The number of carboxylic acids is 1. The molecule has 2 atom stereocenters. The average molecular weight is 243 g/mol. The Morgan fingerprint density at radius 1 is 1.41 bits per heavy atom. The van der Waals surface area contributed by atoms with E-state index >= 15 is 0 Å². The molecule has 1 heterocycles. The van der Waals surface area contributed by atoms with Gasteiger partial charge < -0.3 is 10.2 Å². The van der Waals surface area contributed by atoms with Crippen molar-refractivity contribution in [3.05, 3.63) is 0 Å². The number of ketones is 1. The number of carbonyl (C=O) groups excluding carboxylic acids is 1. The molecule has 0 saturated carbocycles. The first-order valence-corrected chi connectivity index (χ1v) is 6.14. The Morgan fingerprint density at radius 2 is 2.12 bits per heavy atom. The number of aliphatic carboxylic acids is 1. The maximum atomic E-state index is 11.4. The first-order chi connectivity index (χ1) is 8.06. The third-order valence-electron chi connectivity index (χ3n) is 3.42. The summed E-state index contributed by atoms with van der Waals surface area (Å²) in [5.41, 5.74) is 0. The largest absolute Gasteiger partial charge is 0.481 e. The second kappa shape index (κ2) is 6.71. The fourth-order valence-electron chi connectivity index (χ4n) is 2.42. The molecule has 5 heteroatoms. The summed E-state index contributed by atoms with van der Waals surface area (Å²) in [7, 11) is 0. The van der Waals surface area contributed by atoms with Crippen LogP contribution in [0.15, 0.2) is 0 Å². The first kappa shape index (κ1) is 14.1.